The molecule has 0 unspecified atom stereocenters. The zero-order chi connectivity index (χ0) is 21.2. The molecule has 0 saturated carbocycles. The molecule has 0 aliphatic carbocycles. The van der Waals surface area contributed by atoms with Crippen LogP contribution in [0, 0.1) is 0 Å². The lowest BCUT2D eigenvalue weighted by Gasteiger charge is -2.36. The highest BCUT2D eigenvalue weighted by Gasteiger charge is 2.21. The van der Waals surface area contributed by atoms with E-state index in [2.05, 4.69) is 56.2 Å². The Morgan fingerprint density at radius 2 is 1.87 bits per heavy atom. The Kier molecular flexibility index (Phi) is 11.1. The van der Waals surface area contributed by atoms with E-state index in [9.17, 15) is 4.79 Å². The van der Waals surface area contributed by atoms with Gasteiger partial charge in [-0.05, 0) is 12.1 Å². The van der Waals surface area contributed by atoms with Crippen molar-refractivity contribution >= 4 is 47.6 Å². The number of aryl methyl sites for hydroxylation is 1. The fourth-order valence-electron chi connectivity index (χ4n) is 3.35. The summed E-state index contributed by atoms with van der Waals surface area (Å²) in [4.78, 5) is 21.9. The molecule has 1 aliphatic rings. The molecule has 2 heterocycles. The van der Waals surface area contributed by atoms with Gasteiger partial charge in [-0.1, -0.05) is 25.1 Å². The standard InChI is InChI=1S/C21H31N7OS.HI/c1-3-20-25-24-17-28(20)11-9-22-21(27-14-12-26(13-15-27)18(2)29)23-10-16-30-19-7-5-4-6-8-19;/h4-8,17H,3,9-16H2,1-2H3,(H,22,23);1H. The molecule has 1 aliphatic heterocycles. The van der Waals surface area contributed by atoms with Crippen LogP contribution < -0.4 is 5.32 Å². The van der Waals surface area contributed by atoms with Gasteiger partial charge in [-0.25, -0.2) is 0 Å². The summed E-state index contributed by atoms with van der Waals surface area (Å²) < 4.78 is 2.06. The molecule has 0 radical (unpaired) electrons. The van der Waals surface area contributed by atoms with E-state index in [-0.39, 0.29) is 29.9 Å². The molecule has 8 nitrogen and oxygen atoms in total. The van der Waals surface area contributed by atoms with Crippen molar-refractivity contribution in [2.45, 2.75) is 31.7 Å². The molecule has 1 saturated heterocycles. The van der Waals surface area contributed by atoms with Crippen LogP contribution in [-0.4, -0.2) is 81.5 Å². The molecule has 3 rings (SSSR count). The average molecular weight is 558 g/mol. The molecule has 0 atom stereocenters. The summed E-state index contributed by atoms with van der Waals surface area (Å²) in [5.41, 5.74) is 0. The number of carbonyl (C=O) groups is 1. The lowest BCUT2D eigenvalue weighted by Crippen LogP contribution is -2.53. The molecule has 2 aromatic rings. The Morgan fingerprint density at radius 1 is 1.16 bits per heavy atom. The third kappa shape index (κ3) is 7.99. The normalized spacial score (nSPS) is 14.3. The number of hydrogen-bond donors (Lipinski definition) is 1. The van der Waals surface area contributed by atoms with Crippen LogP contribution in [0.5, 0.6) is 0 Å². The van der Waals surface area contributed by atoms with Gasteiger partial charge in [0.1, 0.15) is 12.2 Å². The monoisotopic (exact) mass is 557 g/mol. The largest absolute Gasteiger partial charge is 0.355 e. The van der Waals surface area contributed by atoms with Gasteiger partial charge in [0, 0.05) is 63.3 Å². The molecule has 1 N–H and O–H groups in total. The van der Waals surface area contributed by atoms with Crippen LogP contribution in [-0.2, 0) is 17.8 Å². The van der Waals surface area contributed by atoms with Gasteiger partial charge < -0.3 is 19.7 Å². The highest BCUT2D eigenvalue weighted by Crippen LogP contribution is 2.15. The Balaban J connectivity index is 0.00000341. The van der Waals surface area contributed by atoms with Crippen molar-refractivity contribution in [2.75, 3.05) is 45.0 Å². The number of aromatic nitrogens is 3. The number of piperazine rings is 1. The summed E-state index contributed by atoms with van der Waals surface area (Å²) in [7, 11) is 0. The van der Waals surface area contributed by atoms with Crippen LogP contribution in [0.2, 0.25) is 0 Å². The summed E-state index contributed by atoms with van der Waals surface area (Å²) >= 11 is 1.83. The first kappa shape index (κ1) is 25.4. The molecule has 1 aromatic heterocycles. The fraction of sp³-hybridized carbons (Fsp3) is 0.524. The maximum atomic E-state index is 11.6. The third-order valence-electron chi connectivity index (χ3n) is 5.04. The van der Waals surface area contributed by atoms with Crippen molar-refractivity contribution in [1.82, 2.24) is 29.9 Å². The third-order valence-corrected chi connectivity index (χ3v) is 6.05. The van der Waals surface area contributed by atoms with E-state index in [1.165, 1.54) is 4.90 Å². The molecule has 0 bridgehead atoms. The molecular weight excluding hydrogens is 525 g/mol. The van der Waals surface area contributed by atoms with E-state index >= 15 is 0 Å². The number of nitrogens with one attached hydrogen (secondary N) is 1. The highest BCUT2D eigenvalue weighted by molar-refractivity contribution is 14.0. The summed E-state index contributed by atoms with van der Waals surface area (Å²) in [5, 5.41) is 11.7. The number of thioether (sulfide) groups is 1. The summed E-state index contributed by atoms with van der Waals surface area (Å²) in [6, 6.07) is 10.4. The lowest BCUT2D eigenvalue weighted by atomic mass is 10.3. The lowest BCUT2D eigenvalue weighted by molar-refractivity contribution is -0.130. The summed E-state index contributed by atoms with van der Waals surface area (Å²) in [6.45, 7) is 9.02. The SMILES string of the molecule is CCc1nncn1CCN=C(NCCSc1ccccc1)N1CCN(C(C)=O)CC1.I. The van der Waals surface area contributed by atoms with Crippen LogP contribution >= 0.6 is 35.7 Å². The molecule has 0 spiro atoms. The molecule has 1 fully saturated rings. The van der Waals surface area contributed by atoms with E-state index < -0.39 is 0 Å². The van der Waals surface area contributed by atoms with Crippen LogP contribution in [0.4, 0.5) is 0 Å². The van der Waals surface area contributed by atoms with Gasteiger partial charge in [-0.15, -0.1) is 45.9 Å². The van der Waals surface area contributed by atoms with Crippen molar-refractivity contribution in [3.8, 4) is 0 Å². The van der Waals surface area contributed by atoms with Crippen LogP contribution in [0.1, 0.15) is 19.7 Å². The van der Waals surface area contributed by atoms with E-state index in [1.807, 2.05) is 22.7 Å². The fourth-order valence-corrected chi connectivity index (χ4v) is 4.14. The number of rotatable bonds is 8. The number of halogens is 1. The minimum Gasteiger partial charge on any atom is -0.355 e. The minimum atomic E-state index is 0. The molecule has 10 heteroatoms. The van der Waals surface area contributed by atoms with Crippen molar-refractivity contribution in [1.29, 1.82) is 0 Å². The maximum absolute atomic E-state index is 11.6. The molecule has 31 heavy (non-hydrogen) atoms. The topological polar surface area (TPSA) is 78.7 Å². The van der Waals surface area contributed by atoms with Crippen molar-refractivity contribution in [3.63, 3.8) is 0 Å². The van der Waals surface area contributed by atoms with Crippen LogP contribution in [0.25, 0.3) is 0 Å². The second-order valence-corrected chi connectivity index (χ2v) is 8.25. The van der Waals surface area contributed by atoms with Gasteiger partial charge in [0.05, 0.1) is 6.54 Å². The first-order valence-corrected chi connectivity index (χ1v) is 11.5. The first-order chi connectivity index (χ1) is 14.7. The number of nitrogens with zero attached hydrogens (tertiary/aromatic N) is 6. The maximum Gasteiger partial charge on any atom is 0.219 e. The zero-order valence-electron chi connectivity index (χ0n) is 18.2. The Bertz CT molecular complexity index is 822. The predicted octanol–water partition coefficient (Wildman–Crippen LogP) is 2.36. The van der Waals surface area contributed by atoms with Gasteiger partial charge in [-0.3, -0.25) is 9.79 Å². The van der Waals surface area contributed by atoms with Crippen LogP contribution in [0.3, 0.4) is 0 Å². The number of guanidine groups is 1. The second-order valence-electron chi connectivity index (χ2n) is 7.08. The van der Waals surface area contributed by atoms with E-state index in [4.69, 9.17) is 4.99 Å². The van der Waals surface area contributed by atoms with Crippen molar-refractivity contribution < 1.29 is 4.79 Å². The zero-order valence-corrected chi connectivity index (χ0v) is 21.4. The second kappa shape index (κ2) is 13.6. The summed E-state index contributed by atoms with van der Waals surface area (Å²) in [5.74, 6) is 2.99. The van der Waals surface area contributed by atoms with Gasteiger partial charge >= 0.3 is 0 Å². The number of amides is 1. The highest BCUT2D eigenvalue weighted by atomic mass is 127. The Morgan fingerprint density at radius 3 is 2.55 bits per heavy atom. The quantitative estimate of drug-likeness (QED) is 0.177. The van der Waals surface area contributed by atoms with Crippen molar-refractivity contribution in [3.05, 3.63) is 42.5 Å². The van der Waals surface area contributed by atoms with Crippen LogP contribution in [0.15, 0.2) is 46.5 Å². The Hall–Kier alpha value is -1.82. The Labute approximate surface area is 205 Å². The van der Waals surface area contributed by atoms with Gasteiger partial charge in [0.15, 0.2) is 5.96 Å². The van der Waals surface area contributed by atoms with Gasteiger partial charge in [-0.2, -0.15) is 0 Å². The molecular formula is C21H32IN7OS. The number of aliphatic imine (C=N–C) groups is 1. The molecule has 1 amide bonds. The van der Waals surface area contributed by atoms with E-state index in [0.717, 1.165) is 63.2 Å². The van der Waals surface area contributed by atoms with Gasteiger partial charge in [0.25, 0.3) is 0 Å². The number of hydrogen-bond acceptors (Lipinski definition) is 5. The minimum absolute atomic E-state index is 0. The van der Waals surface area contributed by atoms with E-state index in [1.54, 1.807) is 13.3 Å². The number of carbonyl (C=O) groups excluding carboxylic acids is 1. The van der Waals surface area contributed by atoms with E-state index in [0.29, 0.717) is 6.54 Å². The van der Waals surface area contributed by atoms with Crippen molar-refractivity contribution in [2.24, 2.45) is 4.99 Å². The van der Waals surface area contributed by atoms with Gasteiger partial charge in [0.2, 0.25) is 5.91 Å². The molecule has 170 valence electrons. The first-order valence-electron chi connectivity index (χ1n) is 10.5. The average Bonchev–Trinajstić information content (AvgIpc) is 3.23. The number of benzene rings is 1. The summed E-state index contributed by atoms with van der Waals surface area (Å²) in [6.07, 6.45) is 2.63. The smallest absolute Gasteiger partial charge is 0.219 e. The predicted molar refractivity (Wildman–Crippen MR) is 136 cm³/mol. The molecule has 1 aromatic carbocycles.